The number of fused-ring (bicyclic) bond motifs is 5. The first-order valence-corrected chi connectivity index (χ1v) is 10.8. The number of hydrogen-bond donors (Lipinski definition) is 1. The van der Waals surface area contributed by atoms with Crippen molar-refractivity contribution in [3.05, 3.63) is 41.0 Å². The summed E-state index contributed by atoms with van der Waals surface area (Å²) < 4.78 is 18.3. The molecule has 27 heavy (non-hydrogen) atoms. The molecule has 2 saturated carbocycles. The summed E-state index contributed by atoms with van der Waals surface area (Å²) in [5.74, 6) is 3.70. The lowest BCUT2D eigenvalue weighted by atomic mass is 9.52. The second-order valence-corrected chi connectivity index (χ2v) is 9.16. The van der Waals surface area contributed by atoms with E-state index in [1.54, 1.807) is 5.57 Å². The molecule has 0 aliphatic heterocycles. The van der Waals surface area contributed by atoms with Crippen molar-refractivity contribution in [3.63, 3.8) is 0 Å². The Balaban J connectivity index is 1.57. The van der Waals surface area contributed by atoms with Crippen LogP contribution in [0.5, 0.6) is 5.75 Å². The lowest BCUT2D eigenvalue weighted by Crippen LogP contribution is -2.43. The smallest absolute Gasteiger partial charge is 0.122 e. The zero-order chi connectivity index (χ0) is 19.7. The Bertz CT molecular complexity index is 737. The maximum Gasteiger partial charge on any atom is 0.122 e. The first-order chi connectivity index (χ1) is 13.6. The van der Waals surface area contributed by atoms with Crippen molar-refractivity contribution in [2.75, 3.05) is 19.8 Å². The van der Waals surface area contributed by atoms with E-state index in [0.717, 1.165) is 24.0 Å². The average Bonchev–Trinajstić information content (AvgIpc) is 3.01. The molecule has 0 spiro atoms. The SMILES string of the molecule is [3H]POc1ccc2c(c1)C[C@@H](C)C1C2CCC2(C)/C(=C/COCCO)CCC12. The van der Waals surface area contributed by atoms with Crippen LogP contribution >= 0.6 is 9.41 Å². The molecule has 1 N–H and O–H groups in total. The number of aliphatic hydroxyl groups is 1. The highest BCUT2D eigenvalue weighted by Gasteiger charge is 2.54. The van der Waals surface area contributed by atoms with Crippen LogP contribution in [0.15, 0.2) is 29.8 Å². The summed E-state index contributed by atoms with van der Waals surface area (Å²) >= 11 is 0. The van der Waals surface area contributed by atoms with Crippen LogP contribution in [0, 0.1) is 23.2 Å². The topological polar surface area (TPSA) is 38.7 Å². The summed E-state index contributed by atoms with van der Waals surface area (Å²) in [5, 5.41) is 8.92. The Kier molecular flexibility index (Phi) is 5.28. The lowest BCUT2D eigenvalue weighted by molar-refractivity contribution is 0.0482. The van der Waals surface area contributed by atoms with Gasteiger partial charge in [-0.25, -0.2) is 0 Å². The minimum atomic E-state index is -0.245. The molecule has 6 atom stereocenters. The summed E-state index contributed by atoms with van der Waals surface area (Å²) in [6.45, 7) is 6.09. The molecule has 0 aromatic heterocycles. The van der Waals surface area contributed by atoms with Gasteiger partial charge in [-0.1, -0.05) is 31.6 Å². The summed E-state index contributed by atoms with van der Waals surface area (Å²) in [6, 6.07) is 6.54. The quantitative estimate of drug-likeness (QED) is 0.427. The summed E-state index contributed by atoms with van der Waals surface area (Å²) in [4.78, 5) is 0. The van der Waals surface area contributed by atoms with Gasteiger partial charge in [0.2, 0.25) is 0 Å². The molecule has 1 aromatic rings. The highest BCUT2D eigenvalue weighted by atomic mass is 31.0. The van der Waals surface area contributed by atoms with Crippen LogP contribution < -0.4 is 4.52 Å². The van der Waals surface area contributed by atoms with Crippen molar-refractivity contribution < 1.29 is 14.4 Å². The third-order valence-corrected chi connectivity index (χ3v) is 7.93. The average molecular weight is 390 g/mol. The van der Waals surface area contributed by atoms with Crippen molar-refractivity contribution in [1.82, 2.24) is 0 Å². The number of rotatable bonds is 6. The molecule has 4 rings (SSSR count). The van der Waals surface area contributed by atoms with E-state index in [1.807, 2.05) is 0 Å². The van der Waals surface area contributed by atoms with Gasteiger partial charge in [0.05, 0.1) is 30.5 Å². The van der Waals surface area contributed by atoms with E-state index >= 15 is 0 Å². The molecule has 3 nitrogen and oxygen atoms in total. The number of hydrogen-bond acceptors (Lipinski definition) is 3. The Morgan fingerprint density at radius 1 is 1.41 bits per heavy atom. The standard InChI is InChI=1S/C23H33O3P/c1-15-13-16-14-18(26-27)4-5-19(16)20-7-9-23(2)17(8-11-25-12-10-24)3-6-21(23)22(15)20/h4-5,8,14-15,20-22,24H,3,6-7,9-13,27H2,1-2H3/b17-8+/t15-,20?,21?,22?,23?/m1/s1/i27T/t15-,20?,21?,22?,23?,27?. The molecule has 2 fully saturated rings. The molecule has 0 radical (unpaired) electrons. The Hall–Kier alpha value is -0.890. The van der Waals surface area contributed by atoms with E-state index in [2.05, 4.69) is 38.1 Å². The minimum absolute atomic E-state index is 0.0960. The van der Waals surface area contributed by atoms with Crippen LogP contribution in [0.3, 0.4) is 0 Å². The van der Waals surface area contributed by atoms with E-state index in [-0.39, 0.29) is 16.0 Å². The molecule has 3 aliphatic rings. The van der Waals surface area contributed by atoms with Crippen LogP contribution in [0.1, 0.15) is 56.6 Å². The van der Waals surface area contributed by atoms with E-state index in [1.165, 1.54) is 36.8 Å². The van der Waals surface area contributed by atoms with Crippen molar-refractivity contribution in [2.45, 2.75) is 51.9 Å². The van der Waals surface area contributed by atoms with Gasteiger partial charge in [-0.15, -0.1) is 0 Å². The van der Waals surface area contributed by atoms with Crippen molar-refractivity contribution in [3.8, 4) is 5.75 Å². The number of aliphatic hydroxyl groups excluding tert-OH is 1. The number of allylic oxidation sites excluding steroid dienone is 1. The molecular formula is C23H33O3P. The number of ether oxygens (including phenoxy) is 1. The van der Waals surface area contributed by atoms with Crippen LogP contribution in [0.2, 0.25) is 0 Å². The first kappa shape index (κ1) is 18.2. The van der Waals surface area contributed by atoms with Crippen LogP contribution in [0.25, 0.3) is 0 Å². The zero-order valence-electron chi connectivity index (χ0n) is 17.5. The van der Waals surface area contributed by atoms with Gasteiger partial charge in [0.15, 0.2) is 0 Å². The van der Waals surface area contributed by atoms with Crippen molar-refractivity contribution in [2.24, 2.45) is 23.2 Å². The molecule has 1 aromatic carbocycles. The summed E-state index contributed by atoms with van der Waals surface area (Å²) in [7, 11) is -0.245. The maximum absolute atomic E-state index is 8.92. The third-order valence-electron chi connectivity index (χ3n) is 7.69. The van der Waals surface area contributed by atoms with E-state index in [9.17, 15) is 0 Å². The van der Waals surface area contributed by atoms with Crippen molar-refractivity contribution >= 4 is 9.41 Å². The van der Waals surface area contributed by atoms with Crippen LogP contribution in [-0.2, 0) is 11.2 Å². The van der Waals surface area contributed by atoms with Gasteiger partial charge >= 0.3 is 0 Å². The first-order valence-electron chi connectivity index (χ1n) is 10.9. The molecule has 5 unspecified atom stereocenters. The van der Waals surface area contributed by atoms with Gasteiger partial charge in [-0.3, -0.25) is 0 Å². The highest BCUT2D eigenvalue weighted by Crippen LogP contribution is 2.63. The predicted octanol–water partition coefficient (Wildman–Crippen LogP) is 4.89. The fourth-order valence-corrected chi connectivity index (χ4v) is 6.64. The highest BCUT2D eigenvalue weighted by molar-refractivity contribution is 7.10. The Morgan fingerprint density at radius 2 is 2.30 bits per heavy atom. The summed E-state index contributed by atoms with van der Waals surface area (Å²) in [6.07, 6.45) is 8.43. The second kappa shape index (κ2) is 7.85. The number of benzene rings is 1. The minimum Gasteiger partial charge on any atom is -0.480 e. The van der Waals surface area contributed by atoms with Gasteiger partial charge in [0, 0.05) is 0 Å². The molecule has 0 bridgehead atoms. The van der Waals surface area contributed by atoms with Gasteiger partial charge in [-0.05, 0) is 84.5 Å². The zero-order valence-corrected chi connectivity index (χ0v) is 17.5. The van der Waals surface area contributed by atoms with Crippen LogP contribution in [0.4, 0.5) is 0 Å². The monoisotopic (exact) mass is 390 g/mol. The Labute approximate surface area is 167 Å². The van der Waals surface area contributed by atoms with Gasteiger partial charge in [0.25, 0.3) is 0 Å². The molecule has 4 heteroatoms. The lowest BCUT2D eigenvalue weighted by Gasteiger charge is -2.52. The Morgan fingerprint density at radius 3 is 3.11 bits per heavy atom. The molecule has 0 heterocycles. The fraction of sp³-hybridized carbons (Fsp3) is 0.652. The molecule has 3 aliphatic carbocycles. The van der Waals surface area contributed by atoms with Gasteiger partial charge < -0.3 is 14.4 Å². The normalized spacial score (nSPS) is 37.1. The molecule has 0 amide bonds. The van der Waals surface area contributed by atoms with E-state index in [4.69, 9.17) is 15.6 Å². The molecular weight excluding hydrogens is 355 g/mol. The molecule has 0 saturated heterocycles. The van der Waals surface area contributed by atoms with Gasteiger partial charge in [0.1, 0.15) is 5.75 Å². The van der Waals surface area contributed by atoms with Crippen molar-refractivity contribution in [1.29, 1.82) is 1.28 Å². The largest absolute Gasteiger partial charge is 0.480 e. The van der Waals surface area contributed by atoms with Crippen LogP contribution in [-0.4, -0.2) is 26.2 Å². The third kappa shape index (κ3) is 3.37. The second-order valence-electron chi connectivity index (χ2n) is 8.96. The fourth-order valence-electron chi connectivity index (χ4n) is 6.51. The van der Waals surface area contributed by atoms with E-state index in [0.29, 0.717) is 30.5 Å². The van der Waals surface area contributed by atoms with E-state index < -0.39 is 0 Å². The maximum atomic E-state index is 8.92. The van der Waals surface area contributed by atoms with Gasteiger partial charge in [-0.2, -0.15) is 0 Å². The summed E-state index contributed by atoms with van der Waals surface area (Å²) in [5.41, 5.74) is 4.88. The molecule has 148 valence electrons. The predicted molar refractivity (Wildman–Crippen MR) is 112 cm³/mol.